The fourth-order valence-electron chi connectivity index (χ4n) is 2.94. The van der Waals surface area contributed by atoms with Gasteiger partial charge in [0.05, 0.1) is 15.9 Å². The number of hydrogen-bond acceptors (Lipinski definition) is 6. The SMILES string of the molecule is CCCN(CCC)C(=O)c1cccc(NC(=O)c2ccc([N+](=O)[O-])cc2[N+](=O)[O-])c1. The molecule has 10 heteroatoms. The molecule has 0 aliphatic heterocycles. The highest BCUT2D eigenvalue weighted by molar-refractivity contribution is 6.07. The van der Waals surface area contributed by atoms with E-state index in [1.165, 1.54) is 6.07 Å². The van der Waals surface area contributed by atoms with Crippen molar-refractivity contribution in [2.45, 2.75) is 26.7 Å². The van der Waals surface area contributed by atoms with Crippen molar-refractivity contribution in [1.29, 1.82) is 0 Å². The third-order valence-electron chi connectivity index (χ3n) is 4.28. The van der Waals surface area contributed by atoms with Crippen LogP contribution in [0.15, 0.2) is 42.5 Å². The first kappa shape index (κ1) is 22.5. The maximum Gasteiger partial charge on any atom is 0.289 e. The maximum atomic E-state index is 12.7. The van der Waals surface area contributed by atoms with Crippen molar-refractivity contribution in [3.8, 4) is 0 Å². The molecule has 2 aromatic carbocycles. The minimum absolute atomic E-state index is 0.170. The van der Waals surface area contributed by atoms with Gasteiger partial charge in [-0.15, -0.1) is 0 Å². The van der Waals surface area contributed by atoms with Crippen LogP contribution in [0.3, 0.4) is 0 Å². The molecule has 0 heterocycles. The third-order valence-corrected chi connectivity index (χ3v) is 4.28. The lowest BCUT2D eigenvalue weighted by Gasteiger charge is -2.21. The average molecular weight is 414 g/mol. The summed E-state index contributed by atoms with van der Waals surface area (Å²) in [6, 6.07) is 9.07. The van der Waals surface area contributed by atoms with Crippen LogP contribution in [0.5, 0.6) is 0 Å². The standard InChI is InChI=1S/C20H22N4O6/c1-3-10-22(11-4-2)20(26)14-6-5-7-15(12-14)21-19(25)17-9-8-16(23(27)28)13-18(17)24(29)30/h5-9,12-13H,3-4,10-11H2,1-2H3,(H,21,25). The minimum Gasteiger partial charge on any atom is -0.339 e. The Bertz CT molecular complexity index is 970. The van der Waals surface area contributed by atoms with Crippen molar-refractivity contribution < 1.29 is 19.4 Å². The summed E-state index contributed by atoms with van der Waals surface area (Å²) in [7, 11) is 0. The van der Waals surface area contributed by atoms with Crippen molar-refractivity contribution in [2.75, 3.05) is 18.4 Å². The Balaban J connectivity index is 2.28. The maximum absolute atomic E-state index is 12.7. The quantitative estimate of drug-likeness (QED) is 0.486. The van der Waals surface area contributed by atoms with Gasteiger partial charge in [0.1, 0.15) is 5.56 Å². The van der Waals surface area contributed by atoms with Crippen molar-refractivity contribution in [1.82, 2.24) is 4.90 Å². The highest BCUT2D eigenvalue weighted by Gasteiger charge is 2.24. The molecule has 0 saturated carbocycles. The number of nitrogens with zero attached hydrogens (tertiary/aromatic N) is 3. The van der Waals surface area contributed by atoms with E-state index in [0.29, 0.717) is 18.7 Å². The summed E-state index contributed by atoms with van der Waals surface area (Å²) in [6.07, 6.45) is 1.62. The van der Waals surface area contributed by atoms with Crippen LogP contribution in [0.1, 0.15) is 47.4 Å². The highest BCUT2D eigenvalue weighted by atomic mass is 16.6. The zero-order valence-electron chi connectivity index (χ0n) is 16.7. The lowest BCUT2D eigenvalue weighted by molar-refractivity contribution is -0.394. The molecule has 0 unspecified atom stereocenters. The summed E-state index contributed by atoms with van der Waals surface area (Å²) in [5.74, 6) is -0.976. The lowest BCUT2D eigenvalue weighted by Crippen LogP contribution is -2.32. The molecule has 30 heavy (non-hydrogen) atoms. The van der Waals surface area contributed by atoms with Gasteiger partial charge in [-0.25, -0.2) is 0 Å². The monoisotopic (exact) mass is 414 g/mol. The number of nitro groups is 2. The van der Waals surface area contributed by atoms with Crippen LogP contribution in [-0.4, -0.2) is 39.7 Å². The normalized spacial score (nSPS) is 10.3. The molecule has 158 valence electrons. The van der Waals surface area contributed by atoms with Gasteiger partial charge in [-0.3, -0.25) is 29.8 Å². The van der Waals surface area contributed by atoms with E-state index >= 15 is 0 Å². The van der Waals surface area contributed by atoms with E-state index in [0.717, 1.165) is 31.0 Å². The predicted molar refractivity (Wildman–Crippen MR) is 111 cm³/mol. The van der Waals surface area contributed by atoms with Gasteiger partial charge in [-0.2, -0.15) is 0 Å². The molecule has 0 spiro atoms. The number of nitro benzene ring substituents is 2. The molecule has 2 aromatic rings. The number of carbonyl (C=O) groups is 2. The Morgan fingerprint density at radius 2 is 1.63 bits per heavy atom. The largest absolute Gasteiger partial charge is 0.339 e. The first-order chi connectivity index (χ1) is 14.3. The summed E-state index contributed by atoms with van der Waals surface area (Å²) in [5.41, 5.74) is -0.816. The Morgan fingerprint density at radius 3 is 2.20 bits per heavy atom. The fraction of sp³-hybridized carbons (Fsp3) is 0.300. The highest BCUT2D eigenvalue weighted by Crippen LogP contribution is 2.25. The van der Waals surface area contributed by atoms with E-state index in [1.54, 1.807) is 23.1 Å². The number of amides is 2. The van der Waals surface area contributed by atoms with Gasteiger partial charge >= 0.3 is 0 Å². The van der Waals surface area contributed by atoms with E-state index < -0.39 is 27.1 Å². The second kappa shape index (κ2) is 10.1. The molecule has 0 aliphatic rings. The van der Waals surface area contributed by atoms with Crippen LogP contribution in [0.4, 0.5) is 17.1 Å². The van der Waals surface area contributed by atoms with Gasteiger partial charge in [-0.1, -0.05) is 19.9 Å². The Labute approximate surface area is 172 Å². The molecule has 0 aromatic heterocycles. The molecule has 2 amide bonds. The van der Waals surface area contributed by atoms with E-state index in [9.17, 15) is 29.8 Å². The zero-order chi connectivity index (χ0) is 22.3. The summed E-state index contributed by atoms with van der Waals surface area (Å²) < 4.78 is 0. The second-order valence-corrected chi connectivity index (χ2v) is 6.54. The Hall–Kier alpha value is -3.82. The van der Waals surface area contributed by atoms with Gasteiger partial charge in [0.2, 0.25) is 0 Å². The molecule has 0 radical (unpaired) electrons. The molecule has 0 bridgehead atoms. The Morgan fingerprint density at radius 1 is 0.967 bits per heavy atom. The number of rotatable bonds is 9. The molecular formula is C20H22N4O6. The number of benzene rings is 2. The lowest BCUT2D eigenvalue weighted by atomic mass is 10.1. The average Bonchev–Trinajstić information content (AvgIpc) is 2.72. The van der Waals surface area contributed by atoms with Crippen LogP contribution in [0.2, 0.25) is 0 Å². The van der Waals surface area contributed by atoms with Crippen LogP contribution < -0.4 is 5.32 Å². The second-order valence-electron chi connectivity index (χ2n) is 6.54. The van der Waals surface area contributed by atoms with E-state index in [1.807, 2.05) is 13.8 Å². The summed E-state index contributed by atoms with van der Waals surface area (Å²) in [5, 5.41) is 24.6. The van der Waals surface area contributed by atoms with Crippen molar-refractivity contribution in [2.24, 2.45) is 0 Å². The first-order valence-electron chi connectivity index (χ1n) is 9.42. The van der Waals surface area contributed by atoms with Gasteiger partial charge in [0, 0.05) is 30.4 Å². The van der Waals surface area contributed by atoms with Gasteiger partial charge < -0.3 is 10.2 Å². The molecule has 0 fully saturated rings. The van der Waals surface area contributed by atoms with Crippen LogP contribution in [0.25, 0.3) is 0 Å². The van der Waals surface area contributed by atoms with Crippen LogP contribution in [-0.2, 0) is 0 Å². The third kappa shape index (κ3) is 5.37. The van der Waals surface area contributed by atoms with Crippen molar-refractivity contribution in [3.05, 3.63) is 73.8 Å². The molecule has 2 rings (SSSR count). The topological polar surface area (TPSA) is 136 Å². The number of anilines is 1. The summed E-state index contributed by atoms with van der Waals surface area (Å²) in [6.45, 7) is 5.17. The predicted octanol–water partition coefficient (Wildman–Crippen LogP) is 4.02. The van der Waals surface area contributed by atoms with Crippen molar-refractivity contribution in [3.63, 3.8) is 0 Å². The molecule has 0 aliphatic carbocycles. The summed E-state index contributed by atoms with van der Waals surface area (Å²) >= 11 is 0. The first-order valence-corrected chi connectivity index (χ1v) is 9.42. The Kier molecular flexibility index (Phi) is 7.56. The number of carbonyl (C=O) groups excluding carboxylic acids is 2. The van der Waals surface area contributed by atoms with Gasteiger partial charge in [0.25, 0.3) is 23.2 Å². The zero-order valence-corrected chi connectivity index (χ0v) is 16.7. The smallest absolute Gasteiger partial charge is 0.289 e. The van der Waals surface area contributed by atoms with E-state index in [2.05, 4.69) is 5.32 Å². The fourth-order valence-corrected chi connectivity index (χ4v) is 2.94. The number of nitrogens with one attached hydrogen (secondary N) is 1. The van der Waals surface area contributed by atoms with Gasteiger partial charge in [0.15, 0.2) is 0 Å². The molecule has 1 N–H and O–H groups in total. The van der Waals surface area contributed by atoms with Crippen LogP contribution >= 0.6 is 0 Å². The van der Waals surface area contributed by atoms with Gasteiger partial charge in [-0.05, 0) is 37.1 Å². The molecule has 10 nitrogen and oxygen atoms in total. The summed E-state index contributed by atoms with van der Waals surface area (Å²) in [4.78, 5) is 47.5. The molecule has 0 atom stereocenters. The van der Waals surface area contributed by atoms with E-state index in [-0.39, 0.29) is 17.2 Å². The molecular weight excluding hydrogens is 392 g/mol. The minimum atomic E-state index is -0.852. The number of hydrogen-bond donors (Lipinski definition) is 1. The van der Waals surface area contributed by atoms with E-state index in [4.69, 9.17) is 0 Å². The number of non-ortho nitro benzene ring substituents is 1. The molecule has 0 saturated heterocycles. The van der Waals surface area contributed by atoms with Crippen LogP contribution in [0, 0.1) is 20.2 Å². The van der Waals surface area contributed by atoms with Crippen molar-refractivity contribution >= 4 is 28.9 Å².